The first-order valence-electron chi connectivity index (χ1n) is 8.01. The van der Waals surface area contributed by atoms with Crippen LogP contribution in [0.5, 0.6) is 0 Å². The monoisotopic (exact) mass is 293 g/mol. The zero-order valence-corrected chi connectivity index (χ0v) is 12.8. The molecule has 116 valence electrons. The minimum Gasteiger partial charge on any atom is -0.341 e. The van der Waals surface area contributed by atoms with Gasteiger partial charge in [-0.1, -0.05) is 13.3 Å². The third-order valence-electron chi connectivity index (χ3n) is 5.17. The number of carbonyl (C=O) groups excluding carboxylic acids is 3. The van der Waals surface area contributed by atoms with E-state index in [9.17, 15) is 14.4 Å². The van der Waals surface area contributed by atoms with E-state index in [1.165, 1.54) is 4.90 Å². The summed E-state index contributed by atoms with van der Waals surface area (Å²) in [5.74, 6) is -0.213. The molecule has 6 heteroatoms. The lowest BCUT2D eigenvalue weighted by Gasteiger charge is -2.27. The maximum Gasteiger partial charge on any atom is 0.328 e. The van der Waals surface area contributed by atoms with Crippen LogP contribution in [-0.2, 0) is 9.59 Å². The van der Waals surface area contributed by atoms with Gasteiger partial charge in [0.15, 0.2) is 0 Å². The molecule has 0 aromatic heterocycles. The number of rotatable bonds is 4. The Bertz CT molecular complexity index is 493. The first-order valence-corrected chi connectivity index (χ1v) is 8.01. The fourth-order valence-electron chi connectivity index (χ4n) is 4.15. The highest BCUT2D eigenvalue weighted by atomic mass is 16.2. The molecule has 0 spiro atoms. The van der Waals surface area contributed by atoms with Crippen LogP contribution in [0.1, 0.15) is 46.0 Å². The van der Waals surface area contributed by atoms with Crippen LogP contribution in [0.3, 0.4) is 0 Å². The second-order valence-electron chi connectivity index (χ2n) is 6.22. The van der Waals surface area contributed by atoms with Gasteiger partial charge in [-0.2, -0.15) is 0 Å². The maximum atomic E-state index is 12.9. The van der Waals surface area contributed by atoms with Gasteiger partial charge in [-0.15, -0.1) is 0 Å². The summed E-state index contributed by atoms with van der Waals surface area (Å²) in [6.07, 6.45) is 3.75. The van der Waals surface area contributed by atoms with Crippen LogP contribution < -0.4 is 0 Å². The Labute approximate surface area is 125 Å². The van der Waals surface area contributed by atoms with Crippen molar-refractivity contribution in [3.05, 3.63) is 0 Å². The molecule has 21 heavy (non-hydrogen) atoms. The van der Waals surface area contributed by atoms with E-state index < -0.39 is 11.6 Å². The average Bonchev–Trinajstić information content (AvgIpc) is 3.09. The van der Waals surface area contributed by atoms with Crippen LogP contribution >= 0.6 is 0 Å². The van der Waals surface area contributed by atoms with E-state index in [0.717, 1.165) is 19.3 Å². The quantitative estimate of drug-likeness (QED) is 0.732. The Morgan fingerprint density at radius 3 is 2.57 bits per heavy atom. The number of fused-ring (bicyclic) bond motifs is 1. The molecule has 0 radical (unpaired) electrons. The van der Waals surface area contributed by atoms with Gasteiger partial charge in [0, 0.05) is 19.6 Å². The molecule has 3 fully saturated rings. The van der Waals surface area contributed by atoms with Gasteiger partial charge in [-0.25, -0.2) is 9.69 Å². The van der Waals surface area contributed by atoms with E-state index in [1.807, 2.05) is 13.8 Å². The molecule has 3 saturated heterocycles. The molecule has 4 amide bonds. The number of urea groups is 1. The molecule has 3 aliphatic heterocycles. The van der Waals surface area contributed by atoms with E-state index in [2.05, 4.69) is 0 Å². The lowest BCUT2D eigenvalue weighted by molar-refractivity contribution is -0.140. The van der Waals surface area contributed by atoms with Crippen LogP contribution in [-0.4, -0.2) is 63.8 Å². The zero-order chi connectivity index (χ0) is 15.2. The van der Waals surface area contributed by atoms with Crippen LogP contribution in [0, 0.1) is 0 Å². The second kappa shape index (κ2) is 5.00. The van der Waals surface area contributed by atoms with E-state index in [0.29, 0.717) is 32.5 Å². The van der Waals surface area contributed by atoms with E-state index >= 15 is 0 Å². The molecule has 3 heterocycles. The van der Waals surface area contributed by atoms with Crippen LogP contribution in [0.15, 0.2) is 0 Å². The first kappa shape index (κ1) is 14.4. The molecule has 3 aliphatic rings. The molecule has 2 atom stereocenters. The summed E-state index contributed by atoms with van der Waals surface area (Å²) in [6.45, 7) is 5.86. The summed E-state index contributed by atoms with van der Waals surface area (Å²) in [5, 5.41) is 0. The molecule has 0 bridgehead atoms. The number of likely N-dealkylation sites (N-methyl/N-ethyl adjacent to an activating group) is 1. The lowest BCUT2D eigenvalue weighted by atomic mass is 9.90. The van der Waals surface area contributed by atoms with Crippen LogP contribution in [0.25, 0.3) is 0 Å². The van der Waals surface area contributed by atoms with Gasteiger partial charge in [0.25, 0.3) is 5.91 Å². The number of hydrogen-bond donors (Lipinski definition) is 0. The third-order valence-corrected chi connectivity index (χ3v) is 5.17. The van der Waals surface area contributed by atoms with Gasteiger partial charge in [0.1, 0.15) is 11.6 Å². The summed E-state index contributed by atoms with van der Waals surface area (Å²) in [5.41, 5.74) is -0.661. The molecular formula is C15H23N3O3. The zero-order valence-electron chi connectivity index (χ0n) is 12.8. The van der Waals surface area contributed by atoms with Gasteiger partial charge < -0.3 is 9.80 Å². The predicted octanol–water partition coefficient (Wildman–Crippen LogP) is 1.20. The van der Waals surface area contributed by atoms with Crippen molar-refractivity contribution in [1.82, 2.24) is 14.7 Å². The molecule has 0 aromatic carbocycles. The van der Waals surface area contributed by atoms with Gasteiger partial charge in [0.05, 0.1) is 0 Å². The van der Waals surface area contributed by atoms with Crippen molar-refractivity contribution in [3.63, 3.8) is 0 Å². The van der Waals surface area contributed by atoms with Crippen molar-refractivity contribution in [2.75, 3.05) is 19.6 Å². The van der Waals surface area contributed by atoms with Gasteiger partial charge in [-0.3, -0.25) is 9.59 Å². The van der Waals surface area contributed by atoms with Crippen molar-refractivity contribution in [2.24, 2.45) is 0 Å². The predicted molar refractivity (Wildman–Crippen MR) is 76.5 cm³/mol. The summed E-state index contributed by atoms with van der Waals surface area (Å²) < 4.78 is 0. The highest BCUT2D eigenvalue weighted by molar-refractivity contribution is 6.10. The molecule has 3 rings (SSSR count). The van der Waals surface area contributed by atoms with Gasteiger partial charge >= 0.3 is 6.03 Å². The number of amides is 4. The average molecular weight is 293 g/mol. The Kier molecular flexibility index (Phi) is 3.42. The topological polar surface area (TPSA) is 60.9 Å². The van der Waals surface area contributed by atoms with Crippen LogP contribution in [0.2, 0.25) is 0 Å². The van der Waals surface area contributed by atoms with Crippen molar-refractivity contribution in [3.8, 4) is 0 Å². The Morgan fingerprint density at radius 2 is 1.95 bits per heavy atom. The Hall–Kier alpha value is -1.59. The SMILES string of the molecule is CCC[C@@]12CCCN1C(=O)N([C@H]1CCN(CC)C1=O)C2=O. The molecule has 0 N–H and O–H groups in total. The Balaban J connectivity index is 1.90. The second-order valence-corrected chi connectivity index (χ2v) is 6.22. The fraction of sp³-hybridized carbons (Fsp3) is 0.800. The number of carbonyl (C=O) groups is 3. The maximum absolute atomic E-state index is 12.9. The standard InChI is InChI=1S/C15H23N3O3/c1-3-7-15-8-5-9-17(15)14(21)18(13(15)20)11-6-10-16(4-2)12(11)19/h11H,3-10H2,1-2H3/t11-,15-/m0/s1. The van der Waals surface area contributed by atoms with Gasteiger partial charge in [0.2, 0.25) is 5.91 Å². The van der Waals surface area contributed by atoms with Crippen molar-refractivity contribution in [1.29, 1.82) is 0 Å². The van der Waals surface area contributed by atoms with Crippen molar-refractivity contribution < 1.29 is 14.4 Å². The fourth-order valence-corrected chi connectivity index (χ4v) is 4.15. The van der Waals surface area contributed by atoms with Crippen LogP contribution in [0.4, 0.5) is 4.79 Å². The minimum absolute atomic E-state index is 0.0768. The number of hydrogen-bond acceptors (Lipinski definition) is 3. The molecule has 6 nitrogen and oxygen atoms in total. The molecule has 0 aliphatic carbocycles. The number of likely N-dealkylation sites (tertiary alicyclic amines) is 1. The lowest BCUT2D eigenvalue weighted by Crippen LogP contribution is -2.48. The van der Waals surface area contributed by atoms with E-state index in [1.54, 1.807) is 9.80 Å². The number of imide groups is 1. The molecule has 0 unspecified atom stereocenters. The van der Waals surface area contributed by atoms with E-state index in [-0.39, 0.29) is 17.8 Å². The highest BCUT2D eigenvalue weighted by Crippen LogP contribution is 2.42. The number of nitrogens with zero attached hydrogens (tertiary/aromatic N) is 3. The van der Waals surface area contributed by atoms with Crippen molar-refractivity contribution >= 4 is 17.8 Å². The molecule has 0 saturated carbocycles. The smallest absolute Gasteiger partial charge is 0.328 e. The minimum atomic E-state index is -0.661. The normalized spacial score (nSPS) is 32.6. The van der Waals surface area contributed by atoms with Gasteiger partial charge in [-0.05, 0) is 32.6 Å². The first-order chi connectivity index (χ1) is 10.1. The summed E-state index contributed by atoms with van der Waals surface area (Å²) in [6, 6.07) is -0.827. The largest absolute Gasteiger partial charge is 0.341 e. The van der Waals surface area contributed by atoms with E-state index in [4.69, 9.17) is 0 Å². The molecular weight excluding hydrogens is 270 g/mol. The summed E-state index contributed by atoms with van der Waals surface area (Å²) in [7, 11) is 0. The summed E-state index contributed by atoms with van der Waals surface area (Å²) in [4.78, 5) is 42.7. The van der Waals surface area contributed by atoms with Crippen molar-refractivity contribution in [2.45, 2.75) is 57.5 Å². The summed E-state index contributed by atoms with van der Waals surface area (Å²) >= 11 is 0. The third kappa shape index (κ3) is 1.80. The highest BCUT2D eigenvalue weighted by Gasteiger charge is 2.61. The molecule has 0 aromatic rings. The Morgan fingerprint density at radius 1 is 1.19 bits per heavy atom.